The van der Waals surface area contributed by atoms with E-state index in [1.54, 1.807) is 25.1 Å². The Labute approximate surface area is 116 Å². The maximum absolute atomic E-state index is 12.0. The molecule has 102 valence electrons. The van der Waals surface area contributed by atoms with E-state index in [1.165, 1.54) is 12.1 Å². The van der Waals surface area contributed by atoms with Crippen molar-refractivity contribution in [1.82, 2.24) is 9.71 Å². The summed E-state index contributed by atoms with van der Waals surface area (Å²) in [4.78, 5) is 4.22. The summed E-state index contributed by atoms with van der Waals surface area (Å²) >= 11 is 5.77. The lowest BCUT2D eigenvalue weighted by molar-refractivity contribution is 0.265. The summed E-state index contributed by atoms with van der Waals surface area (Å²) in [5.74, 6) is 0. The predicted molar refractivity (Wildman–Crippen MR) is 73.6 cm³/mol. The van der Waals surface area contributed by atoms with E-state index in [2.05, 4.69) is 9.71 Å². The lowest BCUT2D eigenvalue weighted by Crippen LogP contribution is -2.34. The van der Waals surface area contributed by atoms with Crippen LogP contribution in [0.15, 0.2) is 35.2 Å². The number of nitrogens with one attached hydrogen (secondary N) is 1. The molecule has 1 aromatic heterocycles. The standard InChI is InChI=1S/C12H13ClN2O3S/c1-8(7-16)15-19(17,18)10-3-4-11-9(6-10)2-5-12(13)14-11/h2-6,8,15-16H,7H2,1H3/t8-/m1/s1. The van der Waals surface area contributed by atoms with Gasteiger partial charge in [-0.2, -0.15) is 0 Å². The molecule has 1 aromatic carbocycles. The zero-order chi connectivity index (χ0) is 14.0. The number of fused-ring (bicyclic) bond motifs is 1. The van der Waals surface area contributed by atoms with Crippen LogP contribution >= 0.6 is 11.6 Å². The fourth-order valence-corrected chi connectivity index (χ4v) is 3.04. The Morgan fingerprint density at radius 1 is 1.37 bits per heavy atom. The Kier molecular flexibility index (Phi) is 4.05. The molecule has 0 unspecified atom stereocenters. The van der Waals surface area contributed by atoms with E-state index in [9.17, 15) is 8.42 Å². The van der Waals surface area contributed by atoms with Gasteiger partial charge in [0, 0.05) is 11.4 Å². The molecule has 7 heteroatoms. The molecule has 0 bridgehead atoms. The monoisotopic (exact) mass is 300 g/mol. The van der Waals surface area contributed by atoms with Crippen LogP contribution in [0.2, 0.25) is 5.15 Å². The first-order valence-electron chi connectivity index (χ1n) is 5.62. The molecule has 0 saturated carbocycles. The molecule has 1 heterocycles. The third-order valence-electron chi connectivity index (χ3n) is 2.57. The van der Waals surface area contributed by atoms with Gasteiger partial charge in [0.2, 0.25) is 10.0 Å². The van der Waals surface area contributed by atoms with Crippen molar-refractivity contribution in [2.75, 3.05) is 6.61 Å². The van der Waals surface area contributed by atoms with Crippen LogP contribution in [0.4, 0.5) is 0 Å². The number of aliphatic hydroxyl groups excluding tert-OH is 1. The fourth-order valence-electron chi connectivity index (χ4n) is 1.62. The van der Waals surface area contributed by atoms with Crippen LogP contribution in [0.5, 0.6) is 0 Å². The van der Waals surface area contributed by atoms with Gasteiger partial charge in [-0.3, -0.25) is 0 Å². The largest absolute Gasteiger partial charge is 0.395 e. The van der Waals surface area contributed by atoms with Crippen molar-refractivity contribution in [2.24, 2.45) is 0 Å². The number of rotatable bonds is 4. The number of hydrogen-bond donors (Lipinski definition) is 2. The second-order valence-electron chi connectivity index (χ2n) is 4.19. The van der Waals surface area contributed by atoms with Crippen LogP contribution in [-0.4, -0.2) is 31.2 Å². The number of nitrogens with zero attached hydrogens (tertiary/aromatic N) is 1. The summed E-state index contributed by atoms with van der Waals surface area (Å²) in [5.41, 5.74) is 0.627. The number of sulfonamides is 1. The maximum Gasteiger partial charge on any atom is 0.240 e. The van der Waals surface area contributed by atoms with Crippen LogP contribution in [0.3, 0.4) is 0 Å². The quantitative estimate of drug-likeness (QED) is 0.840. The van der Waals surface area contributed by atoms with E-state index in [1.807, 2.05) is 0 Å². The Morgan fingerprint density at radius 2 is 2.11 bits per heavy atom. The Balaban J connectivity index is 2.43. The zero-order valence-corrected chi connectivity index (χ0v) is 11.7. The molecule has 0 fully saturated rings. The Morgan fingerprint density at radius 3 is 2.79 bits per heavy atom. The molecule has 2 N–H and O–H groups in total. The second kappa shape index (κ2) is 5.42. The van der Waals surface area contributed by atoms with E-state index in [4.69, 9.17) is 16.7 Å². The van der Waals surface area contributed by atoms with Crippen molar-refractivity contribution in [3.8, 4) is 0 Å². The molecule has 1 atom stereocenters. The summed E-state index contributed by atoms with van der Waals surface area (Å²) in [5, 5.41) is 9.94. The number of pyridine rings is 1. The van der Waals surface area contributed by atoms with Gasteiger partial charge in [0.25, 0.3) is 0 Å². The summed E-state index contributed by atoms with van der Waals surface area (Å²) in [6, 6.07) is 7.34. The molecule has 19 heavy (non-hydrogen) atoms. The first kappa shape index (κ1) is 14.2. The lowest BCUT2D eigenvalue weighted by Gasteiger charge is -2.11. The highest BCUT2D eigenvalue weighted by molar-refractivity contribution is 7.89. The van der Waals surface area contributed by atoms with Gasteiger partial charge in [0.1, 0.15) is 5.15 Å². The smallest absolute Gasteiger partial charge is 0.240 e. The van der Waals surface area contributed by atoms with Crippen molar-refractivity contribution >= 4 is 32.5 Å². The van der Waals surface area contributed by atoms with Crippen molar-refractivity contribution in [3.63, 3.8) is 0 Å². The average molecular weight is 301 g/mol. The summed E-state index contributed by atoms with van der Waals surface area (Å²) in [6.07, 6.45) is 0. The topological polar surface area (TPSA) is 79.3 Å². The highest BCUT2D eigenvalue weighted by Gasteiger charge is 2.17. The predicted octanol–water partition coefficient (Wildman–Crippen LogP) is 1.55. The summed E-state index contributed by atoms with van der Waals surface area (Å²) < 4.78 is 26.5. The van der Waals surface area contributed by atoms with Crippen molar-refractivity contribution < 1.29 is 13.5 Å². The lowest BCUT2D eigenvalue weighted by atomic mass is 10.2. The molecule has 2 rings (SSSR count). The van der Waals surface area contributed by atoms with Gasteiger partial charge in [-0.05, 0) is 37.3 Å². The highest BCUT2D eigenvalue weighted by atomic mass is 35.5. The molecule has 0 aliphatic heterocycles. The van der Waals surface area contributed by atoms with E-state index < -0.39 is 16.1 Å². The van der Waals surface area contributed by atoms with E-state index in [0.29, 0.717) is 16.1 Å². The van der Waals surface area contributed by atoms with Crippen molar-refractivity contribution in [1.29, 1.82) is 0 Å². The molecule has 0 radical (unpaired) electrons. The summed E-state index contributed by atoms with van der Waals surface area (Å²) in [7, 11) is -3.64. The number of halogens is 1. The molecule has 0 saturated heterocycles. The van der Waals surface area contributed by atoms with Gasteiger partial charge in [0.15, 0.2) is 0 Å². The van der Waals surface area contributed by atoms with Crippen LogP contribution in [0, 0.1) is 0 Å². The third-order valence-corrected chi connectivity index (χ3v) is 4.36. The summed E-state index contributed by atoms with van der Waals surface area (Å²) in [6.45, 7) is 1.32. The molecule has 2 aromatic rings. The van der Waals surface area contributed by atoms with Gasteiger partial charge in [0.05, 0.1) is 17.0 Å². The number of aromatic nitrogens is 1. The third kappa shape index (κ3) is 3.22. The molecule has 0 spiro atoms. The Bertz CT molecular complexity index is 703. The molecular weight excluding hydrogens is 288 g/mol. The van der Waals surface area contributed by atoms with Crippen molar-refractivity contribution in [2.45, 2.75) is 17.9 Å². The Hall–Kier alpha value is -1.21. The molecule has 0 amide bonds. The zero-order valence-electron chi connectivity index (χ0n) is 10.2. The highest BCUT2D eigenvalue weighted by Crippen LogP contribution is 2.19. The molecule has 5 nitrogen and oxygen atoms in total. The SMILES string of the molecule is C[C@H](CO)NS(=O)(=O)c1ccc2nc(Cl)ccc2c1. The number of benzene rings is 1. The molecular formula is C12H13ClN2O3S. The first-order valence-corrected chi connectivity index (χ1v) is 7.48. The van der Waals surface area contributed by atoms with Crippen LogP contribution in [0.1, 0.15) is 6.92 Å². The molecule has 0 aliphatic rings. The van der Waals surface area contributed by atoms with Crippen LogP contribution < -0.4 is 4.72 Å². The van der Waals surface area contributed by atoms with Gasteiger partial charge in [-0.25, -0.2) is 18.1 Å². The van der Waals surface area contributed by atoms with Gasteiger partial charge in [-0.15, -0.1) is 0 Å². The van der Waals surface area contributed by atoms with E-state index >= 15 is 0 Å². The van der Waals surface area contributed by atoms with Crippen LogP contribution in [0.25, 0.3) is 10.9 Å². The minimum atomic E-state index is -3.64. The van der Waals surface area contributed by atoms with E-state index in [-0.39, 0.29) is 11.5 Å². The van der Waals surface area contributed by atoms with Gasteiger partial charge >= 0.3 is 0 Å². The average Bonchev–Trinajstić information content (AvgIpc) is 2.37. The van der Waals surface area contributed by atoms with Crippen LogP contribution in [-0.2, 0) is 10.0 Å². The number of aliphatic hydroxyl groups is 1. The normalized spacial score (nSPS) is 13.6. The molecule has 0 aliphatic carbocycles. The van der Waals surface area contributed by atoms with Crippen molar-refractivity contribution in [3.05, 3.63) is 35.5 Å². The number of hydrogen-bond acceptors (Lipinski definition) is 4. The minimum Gasteiger partial charge on any atom is -0.395 e. The maximum atomic E-state index is 12.0. The second-order valence-corrected chi connectivity index (χ2v) is 6.29. The van der Waals surface area contributed by atoms with E-state index in [0.717, 1.165) is 0 Å². The minimum absolute atomic E-state index is 0.129. The van der Waals surface area contributed by atoms with Gasteiger partial charge in [-0.1, -0.05) is 11.6 Å². The first-order chi connectivity index (χ1) is 8.92. The van der Waals surface area contributed by atoms with Gasteiger partial charge < -0.3 is 5.11 Å². The fraction of sp³-hybridized carbons (Fsp3) is 0.250.